The van der Waals surface area contributed by atoms with Gasteiger partial charge in [-0.05, 0) is 61.9 Å². The number of sulfonamides is 1. The van der Waals surface area contributed by atoms with Crippen molar-refractivity contribution in [3.05, 3.63) is 88.4 Å². The topological polar surface area (TPSA) is 84.0 Å². The Kier molecular flexibility index (Phi) is 7.70. The quantitative estimate of drug-likeness (QED) is 0.349. The summed E-state index contributed by atoms with van der Waals surface area (Å²) >= 11 is 12.4. The Morgan fingerprint density at radius 2 is 1.69 bits per heavy atom. The van der Waals surface area contributed by atoms with Gasteiger partial charge < -0.3 is 4.74 Å². The van der Waals surface area contributed by atoms with Gasteiger partial charge in [0.2, 0.25) is 15.9 Å². The van der Waals surface area contributed by atoms with E-state index in [-0.39, 0.29) is 21.4 Å². The van der Waals surface area contributed by atoms with Crippen LogP contribution in [0.4, 0.5) is 5.69 Å². The molecule has 4 rings (SSSR count). The van der Waals surface area contributed by atoms with E-state index in [0.717, 1.165) is 9.21 Å². The second-order valence-corrected chi connectivity index (χ2v) is 10.9. The molecule has 1 fully saturated rings. The zero-order valence-electron chi connectivity index (χ0n) is 19.6. The number of hydrogen-bond acceptors (Lipinski definition) is 5. The lowest BCUT2D eigenvalue weighted by Crippen LogP contribution is -2.46. The lowest BCUT2D eigenvalue weighted by Gasteiger charge is -2.32. The van der Waals surface area contributed by atoms with Gasteiger partial charge in [0.25, 0.3) is 5.91 Å². The van der Waals surface area contributed by atoms with Gasteiger partial charge in [-0.15, -0.1) is 0 Å². The van der Waals surface area contributed by atoms with Gasteiger partial charge in [0.15, 0.2) is 0 Å². The summed E-state index contributed by atoms with van der Waals surface area (Å²) in [5, 5.41) is 0.139. The monoisotopic (exact) mass is 546 g/mol. The largest absolute Gasteiger partial charge is 0.494 e. The number of carbonyl (C=O) groups excluding carboxylic acids is 2. The highest BCUT2D eigenvalue weighted by atomic mass is 35.5. The Balaban J connectivity index is 1.79. The van der Waals surface area contributed by atoms with Crippen molar-refractivity contribution in [1.82, 2.24) is 4.31 Å². The molecular formula is C26H24Cl2N2O5S. The van der Waals surface area contributed by atoms with E-state index in [1.807, 2.05) is 6.92 Å². The Morgan fingerprint density at radius 1 is 1.03 bits per heavy atom. The first-order chi connectivity index (χ1) is 17.1. The highest BCUT2D eigenvalue weighted by Crippen LogP contribution is 2.38. The minimum Gasteiger partial charge on any atom is -0.494 e. The van der Waals surface area contributed by atoms with Crippen molar-refractivity contribution >= 4 is 50.7 Å². The van der Waals surface area contributed by atoms with Crippen LogP contribution < -0.4 is 9.64 Å². The summed E-state index contributed by atoms with van der Waals surface area (Å²) in [7, 11) is -4.36. The third-order valence-corrected chi connectivity index (χ3v) is 8.64. The number of nitrogens with zero attached hydrogens (tertiary/aromatic N) is 2. The van der Waals surface area contributed by atoms with E-state index in [1.165, 1.54) is 18.2 Å². The van der Waals surface area contributed by atoms with Gasteiger partial charge in [0.05, 0.1) is 23.7 Å². The van der Waals surface area contributed by atoms with Crippen LogP contribution >= 0.6 is 23.2 Å². The number of rotatable bonds is 8. The average Bonchev–Trinajstić information content (AvgIpc) is 3.15. The molecule has 188 valence electrons. The van der Waals surface area contributed by atoms with Crippen molar-refractivity contribution in [3.8, 4) is 5.75 Å². The molecule has 36 heavy (non-hydrogen) atoms. The van der Waals surface area contributed by atoms with Crippen LogP contribution in [0.2, 0.25) is 10.0 Å². The SMILES string of the molecule is CCOc1ccc(N2C(=O)CC(N(C(C)c3ccccc3)S(=O)(=O)c3cc(Cl)ccc3Cl)C2=O)cc1. The van der Waals surface area contributed by atoms with Crippen LogP contribution in [0.15, 0.2) is 77.7 Å². The summed E-state index contributed by atoms with van der Waals surface area (Å²) < 4.78 is 34.5. The van der Waals surface area contributed by atoms with Crippen molar-refractivity contribution in [3.63, 3.8) is 0 Å². The van der Waals surface area contributed by atoms with E-state index in [4.69, 9.17) is 27.9 Å². The summed E-state index contributed by atoms with van der Waals surface area (Å²) in [6.45, 7) is 3.99. The van der Waals surface area contributed by atoms with E-state index in [2.05, 4.69) is 0 Å². The number of anilines is 1. The molecule has 3 aromatic rings. The van der Waals surface area contributed by atoms with Gasteiger partial charge >= 0.3 is 0 Å². The number of carbonyl (C=O) groups is 2. The van der Waals surface area contributed by atoms with Gasteiger partial charge in [-0.25, -0.2) is 13.3 Å². The van der Waals surface area contributed by atoms with Crippen molar-refractivity contribution in [2.24, 2.45) is 0 Å². The van der Waals surface area contributed by atoms with Gasteiger partial charge in [-0.2, -0.15) is 4.31 Å². The zero-order valence-corrected chi connectivity index (χ0v) is 21.9. The molecule has 10 heteroatoms. The summed E-state index contributed by atoms with van der Waals surface area (Å²) in [5.41, 5.74) is 0.987. The molecule has 2 amide bonds. The highest BCUT2D eigenvalue weighted by molar-refractivity contribution is 7.89. The molecule has 0 spiro atoms. The lowest BCUT2D eigenvalue weighted by atomic mass is 10.1. The molecular weight excluding hydrogens is 523 g/mol. The maximum absolute atomic E-state index is 14.0. The fourth-order valence-electron chi connectivity index (χ4n) is 4.26. The number of imide groups is 1. The molecule has 1 aliphatic heterocycles. The van der Waals surface area contributed by atoms with Crippen LogP contribution in [-0.2, 0) is 19.6 Å². The Hall–Kier alpha value is -2.91. The first kappa shape index (κ1) is 26.2. The predicted octanol–water partition coefficient (Wildman–Crippen LogP) is 5.48. The molecule has 0 saturated carbocycles. The second-order valence-electron chi connectivity index (χ2n) is 8.21. The standard InChI is InChI=1S/C26H24Cl2N2O5S/c1-3-35-21-12-10-20(11-13-21)29-25(31)16-23(26(29)32)30(17(2)18-7-5-4-6-8-18)36(33,34)24-15-19(27)9-14-22(24)28/h4-15,17,23H,3,16H2,1-2H3. The lowest BCUT2D eigenvalue weighted by molar-refractivity contribution is -0.122. The van der Waals surface area contributed by atoms with Crippen molar-refractivity contribution in [2.75, 3.05) is 11.5 Å². The van der Waals surface area contributed by atoms with Crippen LogP contribution in [0, 0.1) is 0 Å². The van der Waals surface area contributed by atoms with E-state index in [9.17, 15) is 18.0 Å². The molecule has 3 aromatic carbocycles. The third kappa shape index (κ3) is 4.99. The number of benzene rings is 3. The molecule has 0 aromatic heterocycles. The van der Waals surface area contributed by atoms with E-state index >= 15 is 0 Å². The van der Waals surface area contributed by atoms with Crippen molar-refractivity contribution < 1.29 is 22.7 Å². The zero-order chi connectivity index (χ0) is 26.0. The average molecular weight is 547 g/mol. The van der Waals surface area contributed by atoms with Gasteiger partial charge in [0.1, 0.15) is 16.7 Å². The maximum atomic E-state index is 14.0. The molecule has 7 nitrogen and oxygen atoms in total. The predicted molar refractivity (Wildman–Crippen MR) is 139 cm³/mol. The van der Waals surface area contributed by atoms with Crippen LogP contribution in [0.5, 0.6) is 5.75 Å². The molecule has 1 heterocycles. The van der Waals surface area contributed by atoms with Gasteiger partial charge in [-0.1, -0.05) is 53.5 Å². The minimum absolute atomic E-state index is 0.0372. The number of halogens is 2. The minimum atomic E-state index is -4.36. The maximum Gasteiger partial charge on any atom is 0.252 e. The molecule has 0 aliphatic carbocycles. The van der Waals surface area contributed by atoms with Crippen LogP contribution in [-0.4, -0.2) is 37.2 Å². The van der Waals surface area contributed by atoms with E-state index < -0.39 is 33.9 Å². The molecule has 1 aliphatic rings. The van der Waals surface area contributed by atoms with Gasteiger partial charge in [-0.3, -0.25) is 9.59 Å². The first-order valence-electron chi connectivity index (χ1n) is 11.3. The Labute approximate surface area is 220 Å². The van der Waals surface area contributed by atoms with Crippen LogP contribution in [0.25, 0.3) is 0 Å². The molecule has 0 bridgehead atoms. The normalized spacial score (nSPS) is 17.0. The number of ether oxygens (including phenoxy) is 1. The van der Waals surface area contributed by atoms with E-state index in [1.54, 1.807) is 61.5 Å². The first-order valence-corrected chi connectivity index (χ1v) is 13.5. The summed E-state index contributed by atoms with van der Waals surface area (Å²) in [5.74, 6) is -0.560. The Bertz CT molecular complexity index is 1380. The van der Waals surface area contributed by atoms with Crippen molar-refractivity contribution in [1.29, 1.82) is 0 Å². The van der Waals surface area contributed by atoms with Crippen molar-refractivity contribution in [2.45, 2.75) is 37.2 Å². The summed E-state index contributed by atoms with van der Waals surface area (Å²) in [6, 6.07) is 17.4. The number of amides is 2. The number of hydrogen-bond donors (Lipinski definition) is 0. The highest BCUT2D eigenvalue weighted by Gasteiger charge is 2.49. The smallest absolute Gasteiger partial charge is 0.252 e. The van der Waals surface area contributed by atoms with Crippen LogP contribution in [0.1, 0.15) is 31.9 Å². The molecule has 0 N–H and O–H groups in total. The molecule has 2 atom stereocenters. The fraction of sp³-hybridized carbons (Fsp3) is 0.231. The molecule has 0 radical (unpaired) electrons. The molecule has 2 unspecified atom stereocenters. The summed E-state index contributed by atoms with van der Waals surface area (Å²) in [4.78, 5) is 27.5. The molecule has 1 saturated heterocycles. The fourth-order valence-corrected chi connectivity index (χ4v) is 6.76. The second kappa shape index (κ2) is 10.6. The van der Waals surface area contributed by atoms with E-state index in [0.29, 0.717) is 23.6 Å². The van der Waals surface area contributed by atoms with Crippen LogP contribution in [0.3, 0.4) is 0 Å². The summed E-state index contributed by atoms with van der Waals surface area (Å²) in [6.07, 6.45) is -0.319. The van der Waals surface area contributed by atoms with Gasteiger partial charge in [0, 0.05) is 11.1 Å². The third-order valence-electron chi connectivity index (χ3n) is 5.95. The Morgan fingerprint density at radius 3 is 2.33 bits per heavy atom.